The molecule has 0 aromatic heterocycles. The molecule has 17 heavy (non-hydrogen) atoms. The second-order valence-electron chi connectivity index (χ2n) is 4.52. The maximum Gasteiger partial charge on any atom is 0.330 e. The molecule has 0 aromatic rings. The van der Waals surface area contributed by atoms with E-state index in [4.69, 9.17) is 4.74 Å². The predicted molar refractivity (Wildman–Crippen MR) is 68.9 cm³/mol. The van der Waals surface area contributed by atoms with Crippen LogP contribution in [0.15, 0.2) is 12.2 Å². The van der Waals surface area contributed by atoms with Crippen LogP contribution in [0.5, 0.6) is 0 Å². The highest BCUT2D eigenvalue weighted by Gasteiger charge is 2.13. The van der Waals surface area contributed by atoms with Crippen LogP contribution in [0.3, 0.4) is 0 Å². The Hall–Kier alpha value is -0.870. The average molecular weight is 240 g/mol. The number of ether oxygens (including phenoxy) is 1. The van der Waals surface area contributed by atoms with E-state index in [1.165, 1.54) is 25.3 Å². The lowest BCUT2D eigenvalue weighted by Gasteiger charge is -2.27. The van der Waals surface area contributed by atoms with Crippen molar-refractivity contribution in [2.24, 2.45) is 0 Å². The van der Waals surface area contributed by atoms with Crippen LogP contribution in [0.25, 0.3) is 0 Å². The van der Waals surface area contributed by atoms with Crippen molar-refractivity contribution >= 4 is 5.97 Å². The van der Waals surface area contributed by atoms with Crippen LogP contribution in [0.4, 0.5) is 0 Å². The van der Waals surface area contributed by atoms with E-state index in [9.17, 15) is 4.79 Å². The third-order valence-electron chi connectivity index (χ3n) is 2.90. The minimum atomic E-state index is -0.253. The van der Waals surface area contributed by atoms with Gasteiger partial charge in [0.1, 0.15) is 0 Å². The number of piperidine rings is 1. The molecule has 0 aromatic carbocycles. The molecule has 4 nitrogen and oxygen atoms in total. The predicted octanol–water partition coefficient (Wildman–Crippen LogP) is 1.18. The summed E-state index contributed by atoms with van der Waals surface area (Å²) in [5, 5.41) is 3.51. The quantitative estimate of drug-likeness (QED) is 0.559. The molecule has 1 fully saturated rings. The monoisotopic (exact) mass is 240 g/mol. The fourth-order valence-corrected chi connectivity index (χ4v) is 2.05. The van der Waals surface area contributed by atoms with Crippen LogP contribution in [0, 0.1) is 0 Å². The first-order chi connectivity index (χ1) is 8.22. The lowest BCUT2D eigenvalue weighted by atomic mass is 10.0. The van der Waals surface area contributed by atoms with Gasteiger partial charge in [-0.3, -0.25) is 0 Å². The van der Waals surface area contributed by atoms with E-state index < -0.39 is 0 Å². The summed E-state index contributed by atoms with van der Waals surface area (Å²) >= 11 is 0. The van der Waals surface area contributed by atoms with Gasteiger partial charge in [0, 0.05) is 25.2 Å². The highest BCUT2D eigenvalue weighted by Crippen LogP contribution is 2.07. The lowest BCUT2D eigenvalue weighted by Crippen LogP contribution is -2.42. The molecule has 1 N–H and O–H groups in total. The van der Waals surface area contributed by atoms with Crippen molar-refractivity contribution in [2.45, 2.75) is 32.2 Å². The molecular formula is C13H24N2O2. The van der Waals surface area contributed by atoms with Crippen molar-refractivity contribution in [3.63, 3.8) is 0 Å². The zero-order chi connectivity index (χ0) is 12.5. The van der Waals surface area contributed by atoms with E-state index in [-0.39, 0.29) is 5.97 Å². The van der Waals surface area contributed by atoms with Crippen molar-refractivity contribution in [1.29, 1.82) is 0 Å². The number of rotatable bonds is 6. The summed E-state index contributed by atoms with van der Waals surface area (Å²) in [5.41, 5.74) is 0. The standard InChI is InChI=1S/C13H24N2O2/c1-3-17-13(16)8-6-10-15(2)11-12-7-4-5-9-14-12/h6,8,12,14H,3-5,7,9-11H2,1-2H3/b8-6+. The minimum Gasteiger partial charge on any atom is -0.463 e. The van der Waals surface area contributed by atoms with E-state index in [1.807, 2.05) is 13.0 Å². The molecule has 0 aliphatic carbocycles. The topological polar surface area (TPSA) is 41.6 Å². The summed E-state index contributed by atoms with van der Waals surface area (Å²) in [6.07, 6.45) is 7.24. The van der Waals surface area contributed by atoms with Crippen molar-refractivity contribution in [3.8, 4) is 0 Å². The first-order valence-corrected chi connectivity index (χ1v) is 6.47. The molecule has 1 aliphatic heterocycles. The number of hydrogen-bond donors (Lipinski definition) is 1. The summed E-state index contributed by atoms with van der Waals surface area (Å²) < 4.78 is 4.82. The molecule has 0 radical (unpaired) electrons. The van der Waals surface area contributed by atoms with Gasteiger partial charge in [0.25, 0.3) is 0 Å². The van der Waals surface area contributed by atoms with Gasteiger partial charge < -0.3 is 15.0 Å². The van der Waals surface area contributed by atoms with Gasteiger partial charge in [-0.2, -0.15) is 0 Å². The van der Waals surface area contributed by atoms with E-state index in [0.29, 0.717) is 12.6 Å². The number of nitrogens with one attached hydrogen (secondary N) is 1. The summed E-state index contributed by atoms with van der Waals surface area (Å²) in [6, 6.07) is 0.602. The number of nitrogens with zero attached hydrogens (tertiary/aromatic N) is 1. The van der Waals surface area contributed by atoms with Crippen LogP contribution < -0.4 is 5.32 Å². The summed E-state index contributed by atoms with van der Waals surface area (Å²) in [6.45, 7) is 5.21. The van der Waals surface area contributed by atoms with Crippen molar-refractivity contribution in [2.75, 3.05) is 33.3 Å². The van der Waals surface area contributed by atoms with Crippen LogP contribution >= 0.6 is 0 Å². The highest BCUT2D eigenvalue weighted by atomic mass is 16.5. The van der Waals surface area contributed by atoms with Gasteiger partial charge >= 0.3 is 5.97 Å². The summed E-state index contributed by atoms with van der Waals surface area (Å²) in [7, 11) is 2.08. The van der Waals surface area contributed by atoms with Crippen LogP contribution in [-0.2, 0) is 9.53 Å². The average Bonchev–Trinajstić information content (AvgIpc) is 2.30. The zero-order valence-electron chi connectivity index (χ0n) is 10.9. The second-order valence-corrected chi connectivity index (χ2v) is 4.52. The van der Waals surface area contributed by atoms with Gasteiger partial charge in [0.2, 0.25) is 0 Å². The molecule has 0 amide bonds. The Bertz CT molecular complexity index is 248. The van der Waals surface area contributed by atoms with Crippen LogP contribution in [0.1, 0.15) is 26.2 Å². The zero-order valence-corrected chi connectivity index (χ0v) is 10.9. The molecule has 1 rings (SSSR count). The van der Waals surface area contributed by atoms with E-state index in [0.717, 1.165) is 19.6 Å². The maximum absolute atomic E-state index is 11.1. The molecule has 0 spiro atoms. The number of esters is 1. The first kappa shape index (κ1) is 14.2. The number of likely N-dealkylation sites (N-methyl/N-ethyl adjacent to an activating group) is 1. The molecule has 1 heterocycles. The smallest absolute Gasteiger partial charge is 0.330 e. The Morgan fingerprint density at radius 1 is 1.53 bits per heavy atom. The van der Waals surface area contributed by atoms with Gasteiger partial charge in [0.05, 0.1) is 6.61 Å². The fraction of sp³-hybridized carbons (Fsp3) is 0.769. The maximum atomic E-state index is 11.1. The van der Waals surface area contributed by atoms with Crippen LogP contribution in [0.2, 0.25) is 0 Å². The number of hydrogen-bond acceptors (Lipinski definition) is 4. The van der Waals surface area contributed by atoms with Crippen molar-refractivity contribution in [3.05, 3.63) is 12.2 Å². The van der Waals surface area contributed by atoms with Crippen molar-refractivity contribution in [1.82, 2.24) is 10.2 Å². The highest BCUT2D eigenvalue weighted by molar-refractivity contribution is 5.81. The SMILES string of the molecule is CCOC(=O)/C=C/CN(C)CC1CCCCN1. The molecule has 1 saturated heterocycles. The normalized spacial score (nSPS) is 21.0. The van der Waals surface area contributed by atoms with Gasteiger partial charge in [-0.15, -0.1) is 0 Å². The summed E-state index contributed by atoms with van der Waals surface area (Å²) in [5.74, 6) is -0.253. The van der Waals surface area contributed by atoms with Gasteiger partial charge in [-0.05, 0) is 33.4 Å². The van der Waals surface area contributed by atoms with E-state index in [1.54, 1.807) is 0 Å². The molecule has 4 heteroatoms. The van der Waals surface area contributed by atoms with Gasteiger partial charge in [-0.1, -0.05) is 12.5 Å². The molecule has 1 unspecified atom stereocenters. The summed E-state index contributed by atoms with van der Waals surface area (Å²) in [4.78, 5) is 13.3. The molecule has 1 aliphatic rings. The minimum absolute atomic E-state index is 0.253. The molecule has 98 valence electrons. The first-order valence-electron chi connectivity index (χ1n) is 6.47. The Kier molecular flexibility index (Phi) is 6.89. The van der Waals surface area contributed by atoms with Gasteiger partial charge in [-0.25, -0.2) is 4.79 Å². The van der Waals surface area contributed by atoms with E-state index >= 15 is 0 Å². The van der Waals surface area contributed by atoms with Gasteiger partial charge in [0.15, 0.2) is 0 Å². The van der Waals surface area contributed by atoms with E-state index in [2.05, 4.69) is 17.3 Å². The molecule has 0 bridgehead atoms. The second kappa shape index (κ2) is 8.25. The molecule has 0 saturated carbocycles. The Morgan fingerprint density at radius 3 is 3.00 bits per heavy atom. The Morgan fingerprint density at radius 2 is 2.35 bits per heavy atom. The van der Waals surface area contributed by atoms with Crippen LogP contribution in [-0.4, -0.2) is 50.2 Å². The largest absolute Gasteiger partial charge is 0.463 e. The molecule has 1 atom stereocenters. The number of carbonyl (C=O) groups excluding carboxylic acids is 1. The van der Waals surface area contributed by atoms with Crippen molar-refractivity contribution < 1.29 is 9.53 Å². The molecular weight excluding hydrogens is 216 g/mol. The Balaban J connectivity index is 2.15. The lowest BCUT2D eigenvalue weighted by molar-refractivity contribution is -0.137. The third-order valence-corrected chi connectivity index (χ3v) is 2.90. The fourth-order valence-electron chi connectivity index (χ4n) is 2.05. The number of carbonyl (C=O) groups is 1. The third kappa shape index (κ3) is 6.44. The Labute approximate surface area is 104 Å².